The van der Waals surface area contributed by atoms with Gasteiger partial charge in [-0.15, -0.1) is 23.1 Å². The number of aliphatic imine (C=N–C) groups is 1. The number of nitrogens with zero attached hydrogens (tertiary/aromatic N) is 1. The maximum Gasteiger partial charge on any atom is 0.249 e. The maximum atomic E-state index is 12.3. The fraction of sp³-hybridized carbons (Fsp3) is 0.167. The molecule has 2 aromatic carbocycles. The van der Waals surface area contributed by atoms with E-state index in [4.69, 9.17) is 4.74 Å². The van der Waals surface area contributed by atoms with Crippen molar-refractivity contribution < 1.29 is 9.53 Å². The minimum atomic E-state index is -0.169. The number of methoxy groups -OCH3 is 1. The van der Waals surface area contributed by atoms with Gasteiger partial charge in [-0.3, -0.25) is 9.79 Å². The van der Waals surface area contributed by atoms with E-state index in [1.165, 1.54) is 9.77 Å². The molecule has 1 unspecified atom stereocenters. The summed E-state index contributed by atoms with van der Waals surface area (Å²) in [5.74, 6) is 2.45. The molecule has 0 fully saturated rings. The second-order valence-corrected chi connectivity index (χ2v) is 9.88. The Balaban J connectivity index is 1.28. The molecule has 2 heterocycles. The molecule has 4 nitrogen and oxygen atoms in total. The molecular weight excluding hydrogens is 444 g/mol. The maximum absolute atomic E-state index is 12.3. The predicted molar refractivity (Wildman–Crippen MR) is 133 cm³/mol. The number of amidine groups is 1. The molecule has 7 heteroatoms. The van der Waals surface area contributed by atoms with E-state index in [-0.39, 0.29) is 11.9 Å². The SMILES string of the molecule is COc1ccc(C2CSC(NC(=O)/C=C/c3ccc(SCc4cccs4)cc3)=N2)cc1. The molecule has 1 atom stereocenters. The van der Waals surface area contributed by atoms with E-state index < -0.39 is 0 Å². The van der Waals surface area contributed by atoms with Crippen molar-refractivity contribution in [2.24, 2.45) is 4.99 Å². The van der Waals surface area contributed by atoms with Gasteiger partial charge in [0.2, 0.25) is 5.91 Å². The van der Waals surface area contributed by atoms with Crippen LogP contribution in [0.3, 0.4) is 0 Å². The molecule has 1 aliphatic heterocycles. The Kier molecular flexibility index (Phi) is 7.51. The zero-order valence-electron chi connectivity index (χ0n) is 17.0. The summed E-state index contributed by atoms with van der Waals surface area (Å²) in [5, 5.41) is 5.64. The van der Waals surface area contributed by atoms with E-state index in [9.17, 15) is 4.79 Å². The lowest BCUT2D eigenvalue weighted by Crippen LogP contribution is -2.25. The van der Waals surface area contributed by atoms with E-state index in [0.29, 0.717) is 5.17 Å². The van der Waals surface area contributed by atoms with E-state index in [1.54, 1.807) is 36.3 Å². The summed E-state index contributed by atoms with van der Waals surface area (Å²) < 4.78 is 5.20. The Hall–Kier alpha value is -2.48. The van der Waals surface area contributed by atoms with Crippen LogP contribution in [0.25, 0.3) is 6.08 Å². The normalized spacial score (nSPS) is 15.8. The summed E-state index contributed by atoms with van der Waals surface area (Å²) in [4.78, 5) is 19.5. The van der Waals surface area contributed by atoms with Gasteiger partial charge in [0.05, 0.1) is 13.2 Å². The quantitative estimate of drug-likeness (QED) is 0.342. The van der Waals surface area contributed by atoms with E-state index >= 15 is 0 Å². The monoisotopic (exact) mass is 466 g/mol. The van der Waals surface area contributed by atoms with Crippen LogP contribution in [-0.2, 0) is 10.5 Å². The third-order valence-corrected chi connectivity index (χ3v) is 7.73. The first-order valence-corrected chi connectivity index (χ1v) is 12.6. The molecule has 1 N–H and O–H groups in total. The molecule has 0 bridgehead atoms. The lowest BCUT2D eigenvalue weighted by atomic mass is 10.1. The molecule has 0 radical (unpaired) electrons. The van der Waals surface area contributed by atoms with Crippen molar-refractivity contribution in [3.63, 3.8) is 0 Å². The van der Waals surface area contributed by atoms with Crippen LogP contribution in [0.5, 0.6) is 5.75 Å². The van der Waals surface area contributed by atoms with Crippen LogP contribution >= 0.6 is 34.9 Å². The van der Waals surface area contributed by atoms with Crippen molar-refractivity contribution in [2.45, 2.75) is 16.7 Å². The Morgan fingerprint density at radius 3 is 2.71 bits per heavy atom. The van der Waals surface area contributed by atoms with E-state index in [1.807, 2.05) is 54.2 Å². The van der Waals surface area contributed by atoms with Crippen LogP contribution in [0.15, 0.2) is 82.0 Å². The summed E-state index contributed by atoms with van der Waals surface area (Å²) in [6.45, 7) is 0. The third-order valence-electron chi connectivity index (χ3n) is 4.65. The summed E-state index contributed by atoms with van der Waals surface area (Å²) in [7, 11) is 1.65. The Morgan fingerprint density at radius 2 is 2.00 bits per heavy atom. The Bertz CT molecular complexity index is 1060. The van der Waals surface area contributed by atoms with Gasteiger partial charge in [-0.2, -0.15) is 0 Å². The highest BCUT2D eigenvalue weighted by Crippen LogP contribution is 2.30. The number of rotatable bonds is 7. The fourth-order valence-electron chi connectivity index (χ4n) is 2.98. The van der Waals surface area contributed by atoms with Crippen molar-refractivity contribution in [2.75, 3.05) is 12.9 Å². The van der Waals surface area contributed by atoms with E-state index in [2.05, 4.69) is 40.0 Å². The number of thioether (sulfide) groups is 2. The second-order valence-electron chi connectivity index (χ2n) is 6.79. The molecule has 0 spiro atoms. The Labute approximate surface area is 194 Å². The van der Waals surface area contributed by atoms with Crippen LogP contribution < -0.4 is 10.1 Å². The first-order valence-electron chi connectivity index (χ1n) is 9.78. The molecule has 0 saturated carbocycles. The molecule has 158 valence electrons. The summed E-state index contributed by atoms with van der Waals surface area (Å²) in [5.41, 5.74) is 2.11. The predicted octanol–water partition coefficient (Wildman–Crippen LogP) is 6.02. The zero-order chi connectivity index (χ0) is 21.5. The van der Waals surface area contributed by atoms with Gasteiger partial charge in [-0.25, -0.2) is 0 Å². The van der Waals surface area contributed by atoms with Crippen molar-refractivity contribution >= 4 is 52.0 Å². The first kappa shape index (κ1) is 21.7. The molecule has 1 aliphatic rings. The minimum Gasteiger partial charge on any atom is -0.497 e. The van der Waals surface area contributed by atoms with Crippen LogP contribution in [0.2, 0.25) is 0 Å². The van der Waals surface area contributed by atoms with Crippen LogP contribution in [0.1, 0.15) is 22.0 Å². The molecule has 0 aliphatic carbocycles. The number of hydrogen-bond acceptors (Lipinski definition) is 6. The second kappa shape index (κ2) is 10.7. The van der Waals surface area contributed by atoms with Gasteiger partial charge in [-0.05, 0) is 52.9 Å². The highest BCUT2D eigenvalue weighted by molar-refractivity contribution is 8.14. The number of ether oxygens (including phenoxy) is 1. The average molecular weight is 467 g/mol. The van der Waals surface area contributed by atoms with Crippen LogP contribution in [0.4, 0.5) is 0 Å². The van der Waals surface area contributed by atoms with Gasteiger partial charge in [0, 0.05) is 27.4 Å². The number of hydrogen-bond donors (Lipinski definition) is 1. The molecule has 4 rings (SSSR count). The molecule has 1 amide bonds. The van der Waals surface area contributed by atoms with Gasteiger partial charge < -0.3 is 10.1 Å². The van der Waals surface area contributed by atoms with Crippen molar-refractivity contribution in [3.8, 4) is 5.75 Å². The van der Waals surface area contributed by atoms with Gasteiger partial charge in [0.1, 0.15) is 5.75 Å². The highest BCUT2D eigenvalue weighted by Gasteiger charge is 2.20. The lowest BCUT2D eigenvalue weighted by Gasteiger charge is -2.06. The van der Waals surface area contributed by atoms with Crippen molar-refractivity contribution in [1.29, 1.82) is 0 Å². The number of nitrogens with one attached hydrogen (secondary N) is 1. The van der Waals surface area contributed by atoms with Crippen molar-refractivity contribution in [3.05, 3.63) is 88.1 Å². The summed E-state index contributed by atoms with van der Waals surface area (Å²) in [6, 6.07) is 20.4. The molecular formula is C24H22N2O2S3. The summed E-state index contributed by atoms with van der Waals surface area (Å²) >= 11 is 5.15. The van der Waals surface area contributed by atoms with Gasteiger partial charge in [0.25, 0.3) is 0 Å². The number of carbonyl (C=O) groups is 1. The standard InChI is InChI=1S/C24H22N2O2S3/c1-28-19-9-7-18(8-10-19)22-16-31-24(25-22)26-23(27)13-6-17-4-11-20(12-5-17)30-15-21-3-2-14-29-21/h2-14,22H,15-16H2,1H3,(H,25,26,27)/b13-6+. The van der Waals surface area contributed by atoms with Gasteiger partial charge in [-0.1, -0.05) is 42.1 Å². The third kappa shape index (κ3) is 6.26. The number of carbonyl (C=O) groups excluding carboxylic acids is 1. The highest BCUT2D eigenvalue weighted by atomic mass is 32.2. The smallest absolute Gasteiger partial charge is 0.249 e. The fourth-order valence-corrected chi connectivity index (χ4v) is 5.61. The minimum absolute atomic E-state index is 0.0504. The number of benzene rings is 2. The topological polar surface area (TPSA) is 50.7 Å². The van der Waals surface area contributed by atoms with Gasteiger partial charge >= 0.3 is 0 Å². The average Bonchev–Trinajstić information content (AvgIpc) is 3.49. The van der Waals surface area contributed by atoms with Crippen LogP contribution in [0, 0.1) is 0 Å². The largest absolute Gasteiger partial charge is 0.497 e. The van der Waals surface area contributed by atoms with Crippen molar-refractivity contribution in [1.82, 2.24) is 5.32 Å². The Morgan fingerprint density at radius 1 is 1.19 bits per heavy atom. The first-order chi connectivity index (χ1) is 15.2. The van der Waals surface area contributed by atoms with Crippen LogP contribution in [-0.4, -0.2) is 23.9 Å². The molecule has 3 aromatic rings. The molecule has 31 heavy (non-hydrogen) atoms. The molecule has 0 saturated heterocycles. The van der Waals surface area contributed by atoms with E-state index in [0.717, 1.165) is 28.4 Å². The lowest BCUT2D eigenvalue weighted by molar-refractivity contribution is -0.115. The van der Waals surface area contributed by atoms with Gasteiger partial charge in [0.15, 0.2) is 5.17 Å². The summed E-state index contributed by atoms with van der Waals surface area (Å²) in [6.07, 6.45) is 3.38. The molecule has 1 aromatic heterocycles. The number of amides is 1. The zero-order valence-corrected chi connectivity index (χ0v) is 19.4. The number of thiophene rings is 1.